The second-order valence-electron chi connectivity index (χ2n) is 7.80. The first-order chi connectivity index (χ1) is 15.9. The normalized spacial score (nSPS) is 13.2. The first kappa shape index (κ1) is 28.8. The maximum Gasteiger partial charge on any atom is 0.407 e. The fourth-order valence-corrected chi connectivity index (χ4v) is 3.09. The molecule has 0 fully saturated rings. The van der Waals surface area contributed by atoms with Crippen molar-refractivity contribution in [2.45, 2.75) is 38.5 Å². The number of allylic oxidation sites excluding steroid dienone is 4. The fraction of sp³-hybridized carbons (Fsp3) is 0.269. The second-order valence-corrected chi connectivity index (χ2v) is 7.80. The van der Waals surface area contributed by atoms with Crippen LogP contribution in [0.1, 0.15) is 31.9 Å². The molecule has 0 aliphatic carbocycles. The van der Waals surface area contributed by atoms with Crippen LogP contribution in [-0.4, -0.2) is 18.1 Å². The lowest BCUT2D eigenvalue weighted by Crippen LogP contribution is -2.47. The molecule has 34 heavy (non-hydrogen) atoms. The zero-order valence-corrected chi connectivity index (χ0v) is 19.1. The number of carbonyl (C=O) groups is 1. The third kappa shape index (κ3) is 8.94. The Morgan fingerprint density at radius 1 is 1.00 bits per heavy atom. The number of benzene rings is 2. The zero-order chi connectivity index (χ0) is 25.9. The number of rotatable bonds is 9. The van der Waals surface area contributed by atoms with Gasteiger partial charge in [0.15, 0.2) is 0 Å². The highest BCUT2D eigenvalue weighted by Crippen LogP contribution is 2.35. The van der Waals surface area contributed by atoms with Crippen molar-refractivity contribution in [2.75, 3.05) is 0 Å². The van der Waals surface area contributed by atoms with Crippen LogP contribution in [0.15, 0.2) is 79.9 Å². The molecule has 1 amide bonds. The summed E-state index contributed by atoms with van der Waals surface area (Å²) in [7, 11) is 0. The van der Waals surface area contributed by atoms with Crippen molar-refractivity contribution in [2.24, 2.45) is 11.7 Å². The number of nitrogens with one attached hydrogen (secondary N) is 1. The molecule has 0 heterocycles. The van der Waals surface area contributed by atoms with E-state index in [4.69, 9.17) is 5.73 Å². The standard InChI is InChI=1S/C20H21F5N2O.C6H8/c1-11(2)10-16(19(26)28)27-18(20(23,24)25)13-8-6-12(7-9-13)17-14(21)4-3-5-15(17)22;1-3-5-6-4-2/h3-9,11,16,18,27H,10H2,1-2H3,(H2,26,28);3-6H,1-2H2/b;6-5-/t16-,18?;/m0./s1. The lowest BCUT2D eigenvalue weighted by molar-refractivity contribution is -0.160. The van der Waals surface area contributed by atoms with Gasteiger partial charge < -0.3 is 5.73 Å². The minimum absolute atomic E-state index is 0.0507. The molecule has 3 N–H and O–H groups in total. The van der Waals surface area contributed by atoms with Crippen LogP contribution in [0.4, 0.5) is 22.0 Å². The molecular formula is C26H29F5N2O. The molecule has 2 aromatic rings. The van der Waals surface area contributed by atoms with Crippen molar-refractivity contribution in [3.8, 4) is 11.1 Å². The smallest absolute Gasteiger partial charge is 0.368 e. The number of alkyl halides is 3. The zero-order valence-electron chi connectivity index (χ0n) is 19.1. The molecule has 0 spiro atoms. The van der Waals surface area contributed by atoms with Gasteiger partial charge in [0.05, 0.1) is 11.6 Å². The molecule has 2 atom stereocenters. The second kappa shape index (κ2) is 13.4. The Kier molecular flexibility index (Phi) is 11.4. The number of halogens is 5. The monoisotopic (exact) mass is 480 g/mol. The van der Waals surface area contributed by atoms with Crippen LogP contribution in [0.2, 0.25) is 0 Å². The van der Waals surface area contributed by atoms with E-state index in [2.05, 4.69) is 18.5 Å². The summed E-state index contributed by atoms with van der Waals surface area (Å²) in [4.78, 5) is 11.6. The van der Waals surface area contributed by atoms with Gasteiger partial charge in [0.2, 0.25) is 5.91 Å². The average molecular weight is 481 g/mol. The average Bonchev–Trinajstić information content (AvgIpc) is 2.75. The fourth-order valence-electron chi connectivity index (χ4n) is 3.09. The summed E-state index contributed by atoms with van der Waals surface area (Å²) in [5, 5.41) is 2.28. The number of nitrogens with two attached hydrogens (primary N) is 1. The van der Waals surface area contributed by atoms with Gasteiger partial charge in [-0.1, -0.05) is 81.6 Å². The van der Waals surface area contributed by atoms with Crippen molar-refractivity contribution in [1.29, 1.82) is 0 Å². The Morgan fingerprint density at radius 2 is 1.50 bits per heavy atom. The Labute approximate surface area is 196 Å². The van der Waals surface area contributed by atoms with Crippen LogP contribution in [0.3, 0.4) is 0 Å². The van der Waals surface area contributed by atoms with Crippen LogP contribution >= 0.6 is 0 Å². The number of hydrogen-bond donors (Lipinski definition) is 2. The molecule has 3 nitrogen and oxygen atoms in total. The maximum absolute atomic E-state index is 13.9. The molecule has 0 saturated heterocycles. The van der Waals surface area contributed by atoms with Crippen molar-refractivity contribution < 1.29 is 26.7 Å². The third-order valence-corrected chi connectivity index (χ3v) is 4.62. The van der Waals surface area contributed by atoms with E-state index in [0.717, 1.165) is 24.3 Å². The van der Waals surface area contributed by atoms with Crippen LogP contribution < -0.4 is 11.1 Å². The van der Waals surface area contributed by atoms with Crippen LogP contribution in [0, 0.1) is 17.6 Å². The van der Waals surface area contributed by atoms with Gasteiger partial charge in [0.1, 0.15) is 17.7 Å². The highest BCUT2D eigenvalue weighted by Gasteiger charge is 2.42. The number of carbonyl (C=O) groups excluding carboxylic acids is 1. The molecule has 1 unspecified atom stereocenters. The van der Waals surface area contributed by atoms with E-state index < -0.39 is 35.8 Å². The van der Waals surface area contributed by atoms with Crippen molar-refractivity contribution >= 4 is 5.91 Å². The molecule has 2 aromatic carbocycles. The number of amides is 1. The lowest BCUT2D eigenvalue weighted by Gasteiger charge is -2.27. The molecule has 0 aromatic heterocycles. The van der Waals surface area contributed by atoms with Crippen LogP contribution in [-0.2, 0) is 4.79 Å². The first-order valence-electron chi connectivity index (χ1n) is 10.5. The predicted molar refractivity (Wildman–Crippen MR) is 126 cm³/mol. The molecule has 8 heteroatoms. The topological polar surface area (TPSA) is 55.1 Å². The van der Waals surface area contributed by atoms with Gasteiger partial charge in [0, 0.05) is 0 Å². The lowest BCUT2D eigenvalue weighted by atomic mass is 9.97. The quantitative estimate of drug-likeness (QED) is 0.312. The van der Waals surface area contributed by atoms with Gasteiger partial charge >= 0.3 is 6.18 Å². The molecule has 0 aliphatic heterocycles. The van der Waals surface area contributed by atoms with E-state index in [9.17, 15) is 26.7 Å². The van der Waals surface area contributed by atoms with E-state index in [1.54, 1.807) is 26.0 Å². The molecule has 184 valence electrons. The Bertz CT molecular complexity index is 951. The molecule has 0 bridgehead atoms. The van der Waals surface area contributed by atoms with Gasteiger partial charge in [-0.15, -0.1) is 0 Å². The Morgan fingerprint density at radius 3 is 1.88 bits per heavy atom. The van der Waals surface area contributed by atoms with Gasteiger partial charge in [0.25, 0.3) is 0 Å². The summed E-state index contributed by atoms with van der Waals surface area (Å²) in [5.41, 5.74) is 4.83. The Balaban J connectivity index is 0.000000852. The van der Waals surface area contributed by atoms with E-state index in [1.807, 2.05) is 12.2 Å². The van der Waals surface area contributed by atoms with Crippen LogP contribution in [0.25, 0.3) is 11.1 Å². The minimum Gasteiger partial charge on any atom is -0.368 e. The van der Waals surface area contributed by atoms with Crippen molar-refractivity contribution in [1.82, 2.24) is 5.32 Å². The first-order valence-corrected chi connectivity index (χ1v) is 10.5. The highest BCUT2D eigenvalue weighted by atomic mass is 19.4. The van der Waals surface area contributed by atoms with Crippen molar-refractivity contribution in [3.05, 3.63) is 97.1 Å². The predicted octanol–water partition coefficient (Wildman–Crippen LogP) is 6.64. The van der Waals surface area contributed by atoms with Gasteiger partial charge in [-0.05, 0) is 35.6 Å². The van der Waals surface area contributed by atoms with E-state index >= 15 is 0 Å². The molecule has 0 saturated carbocycles. The SMILES string of the molecule is C=C/C=C\C=C.CC(C)C[C@H](NC(c1ccc(-c2c(F)cccc2F)cc1)C(F)(F)F)C(N)=O. The third-order valence-electron chi connectivity index (χ3n) is 4.62. The summed E-state index contributed by atoms with van der Waals surface area (Å²) < 4.78 is 68.5. The summed E-state index contributed by atoms with van der Waals surface area (Å²) >= 11 is 0. The molecule has 0 radical (unpaired) electrons. The Hall–Kier alpha value is -3.26. The molecular weight excluding hydrogens is 451 g/mol. The summed E-state index contributed by atoms with van der Waals surface area (Å²) in [6.07, 6.45) is 2.51. The highest BCUT2D eigenvalue weighted by molar-refractivity contribution is 5.80. The van der Waals surface area contributed by atoms with Gasteiger partial charge in [-0.25, -0.2) is 8.78 Å². The van der Waals surface area contributed by atoms with Crippen molar-refractivity contribution in [3.63, 3.8) is 0 Å². The molecule has 0 aliphatic rings. The maximum atomic E-state index is 13.9. The van der Waals surface area contributed by atoms with Crippen LogP contribution in [0.5, 0.6) is 0 Å². The molecule has 2 rings (SSSR count). The van der Waals surface area contributed by atoms with E-state index in [-0.39, 0.29) is 29.0 Å². The summed E-state index contributed by atoms with van der Waals surface area (Å²) in [6.45, 7) is 10.5. The van der Waals surface area contributed by atoms with Gasteiger partial charge in [-0.2, -0.15) is 13.2 Å². The van der Waals surface area contributed by atoms with E-state index in [0.29, 0.717) is 0 Å². The number of hydrogen-bond acceptors (Lipinski definition) is 2. The summed E-state index contributed by atoms with van der Waals surface area (Å²) in [5.74, 6) is -2.56. The van der Waals surface area contributed by atoms with E-state index in [1.165, 1.54) is 18.2 Å². The summed E-state index contributed by atoms with van der Waals surface area (Å²) in [6, 6.07) is 4.67. The van der Waals surface area contributed by atoms with Gasteiger partial charge in [-0.3, -0.25) is 10.1 Å². The largest absolute Gasteiger partial charge is 0.407 e. The minimum atomic E-state index is -4.70. The number of primary amides is 1.